The molecular weight excluding hydrogens is 390 g/mol. The van der Waals surface area contributed by atoms with Gasteiger partial charge in [0.25, 0.3) is 5.91 Å². The van der Waals surface area contributed by atoms with Gasteiger partial charge in [-0.25, -0.2) is 0 Å². The van der Waals surface area contributed by atoms with E-state index in [4.69, 9.17) is 13.9 Å². The quantitative estimate of drug-likeness (QED) is 0.547. The molecule has 0 saturated carbocycles. The van der Waals surface area contributed by atoms with Crippen LogP contribution >= 0.6 is 11.8 Å². The Morgan fingerprint density at radius 3 is 2.52 bits per heavy atom. The SMILES string of the molecule is COc1cccc(C(=O)Nc2nnc(Cc3ccc(SC(C)C)cc3)o2)c1OC. The number of hydrogen-bond donors (Lipinski definition) is 1. The van der Waals surface area contributed by atoms with Crippen LogP contribution in [0.25, 0.3) is 0 Å². The van der Waals surface area contributed by atoms with Crippen molar-refractivity contribution in [1.29, 1.82) is 0 Å². The van der Waals surface area contributed by atoms with Gasteiger partial charge in [-0.05, 0) is 29.8 Å². The highest BCUT2D eigenvalue weighted by Gasteiger charge is 2.18. The highest BCUT2D eigenvalue weighted by Crippen LogP contribution is 2.31. The standard InChI is InChI=1S/C21H23N3O4S/c1-13(2)29-15-10-8-14(9-11-15)12-18-23-24-21(28-18)22-20(25)16-6-5-7-17(26-3)19(16)27-4/h5-11,13H,12H2,1-4H3,(H,22,24,25). The fourth-order valence-electron chi connectivity index (χ4n) is 2.74. The average molecular weight is 413 g/mol. The smallest absolute Gasteiger partial charge is 0.322 e. The second kappa shape index (κ2) is 9.47. The van der Waals surface area contributed by atoms with E-state index < -0.39 is 5.91 Å². The molecule has 0 radical (unpaired) electrons. The molecule has 8 heteroatoms. The van der Waals surface area contributed by atoms with Crippen LogP contribution in [-0.2, 0) is 6.42 Å². The number of amides is 1. The van der Waals surface area contributed by atoms with Crippen LogP contribution in [0.1, 0.15) is 35.7 Å². The normalized spacial score (nSPS) is 10.8. The molecule has 1 N–H and O–H groups in total. The summed E-state index contributed by atoms with van der Waals surface area (Å²) in [6, 6.07) is 13.3. The van der Waals surface area contributed by atoms with Gasteiger partial charge >= 0.3 is 6.01 Å². The Bertz CT molecular complexity index is 970. The maximum Gasteiger partial charge on any atom is 0.322 e. The van der Waals surface area contributed by atoms with Gasteiger partial charge in [0.2, 0.25) is 5.89 Å². The van der Waals surface area contributed by atoms with E-state index in [-0.39, 0.29) is 6.01 Å². The molecule has 7 nitrogen and oxygen atoms in total. The van der Waals surface area contributed by atoms with Crippen molar-refractivity contribution >= 4 is 23.7 Å². The van der Waals surface area contributed by atoms with E-state index in [2.05, 4.69) is 41.5 Å². The summed E-state index contributed by atoms with van der Waals surface area (Å²) in [6.45, 7) is 4.32. The third kappa shape index (κ3) is 5.29. The topological polar surface area (TPSA) is 86.5 Å². The lowest BCUT2D eigenvalue weighted by Gasteiger charge is -2.11. The molecule has 0 fully saturated rings. The Labute approximate surface area is 173 Å². The summed E-state index contributed by atoms with van der Waals surface area (Å²) < 4.78 is 16.1. The maximum absolute atomic E-state index is 12.6. The van der Waals surface area contributed by atoms with E-state index in [1.54, 1.807) is 18.2 Å². The first-order chi connectivity index (χ1) is 14.0. The van der Waals surface area contributed by atoms with Gasteiger partial charge in [-0.3, -0.25) is 10.1 Å². The van der Waals surface area contributed by atoms with E-state index in [1.807, 2.05) is 23.9 Å². The molecule has 1 heterocycles. The monoisotopic (exact) mass is 413 g/mol. The fourth-order valence-corrected chi connectivity index (χ4v) is 3.58. The Morgan fingerprint density at radius 1 is 1.10 bits per heavy atom. The predicted octanol–water partition coefficient (Wildman–Crippen LogP) is 4.43. The van der Waals surface area contributed by atoms with Crippen molar-refractivity contribution in [3.05, 3.63) is 59.5 Å². The van der Waals surface area contributed by atoms with Crippen molar-refractivity contribution in [2.45, 2.75) is 30.4 Å². The molecule has 0 unspecified atom stereocenters. The molecule has 0 aliphatic heterocycles. The summed E-state index contributed by atoms with van der Waals surface area (Å²) in [4.78, 5) is 13.8. The van der Waals surface area contributed by atoms with Gasteiger partial charge in [0.15, 0.2) is 11.5 Å². The summed E-state index contributed by atoms with van der Waals surface area (Å²) in [6.07, 6.45) is 0.484. The predicted molar refractivity (Wildman–Crippen MR) is 112 cm³/mol. The van der Waals surface area contributed by atoms with E-state index in [0.29, 0.717) is 34.6 Å². The molecule has 0 spiro atoms. The molecule has 1 amide bonds. The third-order valence-electron chi connectivity index (χ3n) is 3.99. The van der Waals surface area contributed by atoms with Gasteiger partial charge in [-0.2, -0.15) is 0 Å². The molecule has 0 aliphatic carbocycles. The Hall–Kier alpha value is -3.00. The second-order valence-corrected chi connectivity index (χ2v) is 8.13. The van der Waals surface area contributed by atoms with Crippen LogP contribution in [0.15, 0.2) is 51.8 Å². The first-order valence-corrected chi connectivity index (χ1v) is 9.98. The number of anilines is 1. The minimum absolute atomic E-state index is 0.0295. The molecule has 1 aromatic heterocycles. The lowest BCUT2D eigenvalue weighted by atomic mass is 10.1. The van der Waals surface area contributed by atoms with Crippen LogP contribution in [-0.4, -0.2) is 35.6 Å². The van der Waals surface area contributed by atoms with Crippen LogP contribution in [0.4, 0.5) is 6.01 Å². The zero-order chi connectivity index (χ0) is 20.8. The zero-order valence-electron chi connectivity index (χ0n) is 16.8. The number of hydrogen-bond acceptors (Lipinski definition) is 7. The lowest BCUT2D eigenvalue weighted by molar-refractivity contribution is 0.102. The van der Waals surface area contributed by atoms with E-state index in [9.17, 15) is 4.79 Å². The molecule has 29 heavy (non-hydrogen) atoms. The molecule has 0 bridgehead atoms. The maximum atomic E-state index is 12.6. The van der Waals surface area contributed by atoms with Gasteiger partial charge in [-0.1, -0.05) is 37.1 Å². The summed E-state index contributed by atoms with van der Waals surface area (Å²) in [5, 5.41) is 11.1. The van der Waals surface area contributed by atoms with Crippen molar-refractivity contribution in [3.8, 4) is 11.5 Å². The summed E-state index contributed by atoms with van der Waals surface area (Å²) in [5.74, 6) is 0.797. The van der Waals surface area contributed by atoms with Gasteiger partial charge in [-0.15, -0.1) is 16.9 Å². The summed E-state index contributed by atoms with van der Waals surface area (Å²) in [7, 11) is 2.99. The summed E-state index contributed by atoms with van der Waals surface area (Å²) >= 11 is 1.81. The number of nitrogens with one attached hydrogen (secondary N) is 1. The van der Waals surface area contributed by atoms with E-state index in [1.165, 1.54) is 19.1 Å². The Kier molecular flexibility index (Phi) is 6.77. The minimum atomic E-state index is -0.425. The van der Waals surface area contributed by atoms with Crippen molar-refractivity contribution in [1.82, 2.24) is 10.2 Å². The number of benzene rings is 2. The van der Waals surface area contributed by atoms with Gasteiger partial charge in [0.1, 0.15) is 0 Å². The number of carbonyl (C=O) groups excluding carboxylic acids is 1. The van der Waals surface area contributed by atoms with Crippen molar-refractivity contribution in [3.63, 3.8) is 0 Å². The largest absolute Gasteiger partial charge is 0.493 e. The highest BCUT2D eigenvalue weighted by molar-refractivity contribution is 7.99. The first kappa shape index (κ1) is 20.7. The highest BCUT2D eigenvalue weighted by atomic mass is 32.2. The minimum Gasteiger partial charge on any atom is -0.493 e. The zero-order valence-corrected chi connectivity index (χ0v) is 17.6. The number of nitrogens with zero attached hydrogens (tertiary/aromatic N) is 2. The summed E-state index contributed by atoms with van der Waals surface area (Å²) in [5.41, 5.74) is 1.36. The lowest BCUT2D eigenvalue weighted by Crippen LogP contribution is -2.13. The Balaban J connectivity index is 1.67. The number of ether oxygens (including phenoxy) is 2. The number of para-hydroxylation sites is 1. The van der Waals surface area contributed by atoms with Crippen molar-refractivity contribution in [2.75, 3.05) is 19.5 Å². The van der Waals surface area contributed by atoms with Crippen LogP contribution in [0.3, 0.4) is 0 Å². The molecule has 0 atom stereocenters. The van der Waals surface area contributed by atoms with Crippen molar-refractivity contribution < 1.29 is 18.7 Å². The Morgan fingerprint density at radius 2 is 1.86 bits per heavy atom. The number of methoxy groups -OCH3 is 2. The average Bonchev–Trinajstić information content (AvgIpc) is 3.15. The number of carbonyl (C=O) groups is 1. The van der Waals surface area contributed by atoms with Gasteiger partial charge in [0.05, 0.1) is 26.2 Å². The van der Waals surface area contributed by atoms with E-state index in [0.717, 1.165) is 5.56 Å². The van der Waals surface area contributed by atoms with E-state index >= 15 is 0 Å². The third-order valence-corrected chi connectivity index (χ3v) is 5.00. The van der Waals surface area contributed by atoms with Gasteiger partial charge < -0.3 is 13.9 Å². The molecule has 2 aromatic carbocycles. The molecule has 152 valence electrons. The molecule has 3 rings (SSSR count). The second-order valence-electron chi connectivity index (χ2n) is 6.48. The van der Waals surface area contributed by atoms with Crippen molar-refractivity contribution in [2.24, 2.45) is 0 Å². The fraction of sp³-hybridized carbons (Fsp3) is 0.286. The van der Waals surface area contributed by atoms with Crippen LogP contribution < -0.4 is 14.8 Å². The molecule has 0 saturated heterocycles. The molecule has 3 aromatic rings. The number of thioether (sulfide) groups is 1. The molecule has 0 aliphatic rings. The van der Waals surface area contributed by atoms with Gasteiger partial charge in [0, 0.05) is 10.1 Å². The van der Waals surface area contributed by atoms with Crippen LogP contribution in [0, 0.1) is 0 Å². The van der Waals surface area contributed by atoms with Crippen LogP contribution in [0.5, 0.6) is 11.5 Å². The van der Waals surface area contributed by atoms with Crippen LogP contribution in [0.2, 0.25) is 0 Å². The number of aromatic nitrogens is 2. The molecular formula is C21H23N3O4S. The number of rotatable bonds is 8. The first-order valence-electron chi connectivity index (χ1n) is 9.10.